The second-order valence-electron chi connectivity index (χ2n) is 8.64. The molecule has 1 saturated carbocycles. The van der Waals surface area contributed by atoms with E-state index < -0.39 is 0 Å². The second kappa shape index (κ2) is 9.34. The number of carbonyl (C=O) groups is 2. The maximum atomic E-state index is 13.6. The highest BCUT2D eigenvalue weighted by Gasteiger charge is 2.37. The Labute approximate surface area is 183 Å². The first-order valence-corrected chi connectivity index (χ1v) is 12.2. The summed E-state index contributed by atoms with van der Waals surface area (Å²) in [6.45, 7) is 5.90. The number of nitrogens with zero attached hydrogens (tertiary/aromatic N) is 2. The van der Waals surface area contributed by atoms with Crippen molar-refractivity contribution in [3.8, 4) is 0 Å². The lowest BCUT2D eigenvalue weighted by molar-refractivity contribution is -0.142. The van der Waals surface area contributed by atoms with E-state index in [0.717, 1.165) is 38.5 Å². The Morgan fingerprint density at radius 3 is 2.67 bits per heavy atom. The highest BCUT2D eigenvalue weighted by atomic mass is 32.1. The molecular weight excluding hydrogens is 392 g/mol. The molecule has 1 aromatic carbocycles. The lowest BCUT2D eigenvalue weighted by Crippen LogP contribution is -2.47. The third-order valence-electron chi connectivity index (χ3n) is 6.37. The normalized spacial score (nSPS) is 18.2. The molecule has 2 aromatic rings. The maximum Gasteiger partial charge on any atom is 0.242 e. The van der Waals surface area contributed by atoms with Crippen LogP contribution in [-0.4, -0.2) is 41.2 Å². The van der Waals surface area contributed by atoms with Crippen molar-refractivity contribution in [1.82, 2.24) is 9.80 Å². The van der Waals surface area contributed by atoms with Crippen LogP contribution in [0.5, 0.6) is 0 Å². The van der Waals surface area contributed by atoms with Crippen molar-refractivity contribution >= 4 is 23.2 Å². The van der Waals surface area contributed by atoms with Gasteiger partial charge in [-0.25, -0.2) is 0 Å². The van der Waals surface area contributed by atoms with Crippen LogP contribution >= 0.6 is 11.3 Å². The molecule has 0 unspecified atom stereocenters. The number of rotatable bonds is 8. The summed E-state index contributed by atoms with van der Waals surface area (Å²) in [6.07, 6.45) is 6.03. The van der Waals surface area contributed by atoms with E-state index in [9.17, 15) is 9.59 Å². The van der Waals surface area contributed by atoms with E-state index in [2.05, 4.69) is 43.5 Å². The molecular formula is C25H32N2O2S. The van der Waals surface area contributed by atoms with E-state index in [0.29, 0.717) is 13.1 Å². The van der Waals surface area contributed by atoms with Crippen molar-refractivity contribution in [1.29, 1.82) is 0 Å². The van der Waals surface area contributed by atoms with Gasteiger partial charge in [-0.05, 0) is 60.7 Å². The van der Waals surface area contributed by atoms with Gasteiger partial charge in [-0.3, -0.25) is 9.59 Å². The predicted octanol–water partition coefficient (Wildman–Crippen LogP) is 4.96. The minimum absolute atomic E-state index is 0.0535. The van der Waals surface area contributed by atoms with Gasteiger partial charge in [-0.2, -0.15) is 0 Å². The van der Waals surface area contributed by atoms with Gasteiger partial charge in [-0.1, -0.05) is 44.0 Å². The lowest BCUT2D eigenvalue weighted by Gasteiger charge is -2.38. The fourth-order valence-electron chi connectivity index (χ4n) is 4.48. The van der Waals surface area contributed by atoms with Crippen LogP contribution in [0.2, 0.25) is 0 Å². The lowest BCUT2D eigenvalue weighted by atomic mass is 9.90. The topological polar surface area (TPSA) is 40.6 Å². The highest BCUT2D eigenvalue weighted by molar-refractivity contribution is 7.10. The smallest absolute Gasteiger partial charge is 0.242 e. The summed E-state index contributed by atoms with van der Waals surface area (Å²) in [4.78, 5) is 31.6. The van der Waals surface area contributed by atoms with Gasteiger partial charge < -0.3 is 9.80 Å². The molecule has 30 heavy (non-hydrogen) atoms. The van der Waals surface area contributed by atoms with Crippen molar-refractivity contribution in [2.24, 2.45) is 5.92 Å². The summed E-state index contributed by atoms with van der Waals surface area (Å²) in [5, 5.41) is 2.14. The van der Waals surface area contributed by atoms with Gasteiger partial charge in [0.05, 0.1) is 12.6 Å². The van der Waals surface area contributed by atoms with Gasteiger partial charge in [-0.15, -0.1) is 11.3 Å². The van der Waals surface area contributed by atoms with Crippen molar-refractivity contribution < 1.29 is 9.59 Å². The number of fused-ring (bicyclic) bond motifs is 1. The number of carbonyl (C=O) groups excluding carboxylic acids is 2. The molecule has 1 aliphatic heterocycles. The number of aryl methyl sites for hydroxylation is 1. The summed E-state index contributed by atoms with van der Waals surface area (Å²) in [5.41, 5.74) is 3.64. The first-order valence-electron chi connectivity index (χ1n) is 11.3. The monoisotopic (exact) mass is 424 g/mol. The fourth-order valence-corrected chi connectivity index (χ4v) is 5.38. The molecule has 1 fully saturated rings. The molecule has 1 aromatic heterocycles. The zero-order valence-electron chi connectivity index (χ0n) is 18.1. The van der Waals surface area contributed by atoms with Gasteiger partial charge in [0.2, 0.25) is 11.8 Å². The maximum absolute atomic E-state index is 13.6. The summed E-state index contributed by atoms with van der Waals surface area (Å²) < 4.78 is 0. The van der Waals surface area contributed by atoms with Crippen molar-refractivity contribution in [2.75, 3.05) is 19.6 Å². The Morgan fingerprint density at radius 1 is 1.13 bits per heavy atom. The number of unbranched alkanes of at least 4 members (excludes halogenated alkanes) is 2. The summed E-state index contributed by atoms with van der Waals surface area (Å²) in [6, 6.07) is 10.5. The third-order valence-corrected chi connectivity index (χ3v) is 7.36. The Balaban J connectivity index is 1.58. The van der Waals surface area contributed by atoms with Crippen molar-refractivity contribution in [3.63, 3.8) is 0 Å². The van der Waals surface area contributed by atoms with Gasteiger partial charge in [0.25, 0.3) is 0 Å². The summed E-state index contributed by atoms with van der Waals surface area (Å²) in [5.74, 6) is 0.405. The van der Waals surface area contributed by atoms with E-state index in [-0.39, 0.29) is 30.3 Å². The van der Waals surface area contributed by atoms with E-state index >= 15 is 0 Å². The average Bonchev–Trinajstić information content (AvgIpc) is 3.49. The second-order valence-corrected chi connectivity index (χ2v) is 9.64. The van der Waals surface area contributed by atoms with E-state index in [4.69, 9.17) is 0 Å². The molecule has 2 amide bonds. The standard InChI is InChI=1S/C25H32N2O2S/c1-3-4-7-14-26(25(29)19-10-11-19)17-23(28)27-15-12-22-21(13-16-30-22)24(27)20-9-6-5-8-18(20)2/h5-6,8-9,13,16,19,24H,3-4,7,10-12,14-15,17H2,1-2H3/t24-/m0/s1. The molecule has 2 heterocycles. The molecule has 0 bridgehead atoms. The quantitative estimate of drug-likeness (QED) is 0.562. The Hall–Kier alpha value is -2.14. The number of hydrogen-bond donors (Lipinski definition) is 0. The van der Waals surface area contributed by atoms with Crippen LogP contribution in [0.3, 0.4) is 0 Å². The predicted molar refractivity (Wildman–Crippen MR) is 122 cm³/mol. The van der Waals surface area contributed by atoms with Gasteiger partial charge >= 0.3 is 0 Å². The van der Waals surface area contributed by atoms with Crippen LogP contribution in [0.1, 0.15) is 66.6 Å². The molecule has 0 radical (unpaired) electrons. The first-order chi connectivity index (χ1) is 14.6. The van der Waals surface area contributed by atoms with Crippen molar-refractivity contribution in [2.45, 2.75) is 58.4 Å². The number of hydrogen-bond acceptors (Lipinski definition) is 3. The van der Waals surface area contributed by atoms with Crippen LogP contribution in [-0.2, 0) is 16.0 Å². The average molecular weight is 425 g/mol. The molecule has 160 valence electrons. The van der Waals surface area contributed by atoms with Crippen LogP contribution < -0.4 is 0 Å². The number of benzene rings is 1. The molecule has 0 saturated heterocycles. The Bertz CT molecular complexity index is 902. The SMILES string of the molecule is CCCCCN(CC(=O)N1CCc2sccc2[C@@H]1c1ccccc1C)C(=O)C1CC1. The Kier molecular flexibility index (Phi) is 6.57. The molecule has 4 rings (SSSR count). The van der Waals surface area contributed by atoms with Crippen LogP contribution in [0.15, 0.2) is 35.7 Å². The molecule has 2 aliphatic rings. The minimum Gasteiger partial charge on any atom is -0.333 e. The fraction of sp³-hybridized carbons (Fsp3) is 0.520. The van der Waals surface area contributed by atoms with Gasteiger partial charge in [0.15, 0.2) is 0 Å². The van der Waals surface area contributed by atoms with Crippen LogP contribution in [0.4, 0.5) is 0 Å². The largest absolute Gasteiger partial charge is 0.333 e. The minimum atomic E-state index is -0.0535. The molecule has 1 atom stereocenters. The highest BCUT2D eigenvalue weighted by Crippen LogP contribution is 2.39. The molecule has 0 spiro atoms. The van der Waals surface area contributed by atoms with Crippen LogP contribution in [0, 0.1) is 12.8 Å². The van der Waals surface area contributed by atoms with Crippen LogP contribution in [0.25, 0.3) is 0 Å². The summed E-state index contributed by atoms with van der Waals surface area (Å²) >= 11 is 1.79. The van der Waals surface area contributed by atoms with E-state index in [1.807, 2.05) is 15.9 Å². The molecule has 1 aliphatic carbocycles. The summed E-state index contributed by atoms with van der Waals surface area (Å²) in [7, 11) is 0. The van der Waals surface area contributed by atoms with Gasteiger partial charge in [0.1, 0.15) is 0 Å². The number of thiophene rings is 1. The van der Waals surface area contributed by atoms with Crippen molar-refractivity contribution in [3.05, 3.63) is 57.3 Å². The first kappa shape index (κ1) is 21.1. The zero-order chi connectivity index (χ0) is 21.1. The number of amides is 2. The van der Waals surface area contributed by atoms with E-state index in [1.54, 1.807) is 11.3 Å². The van der Waals surface area contributed by atoms with Gasteiger partial charge in [0, 0.05) is 23.9 Å². The third kappa shape index (κ3) is 4.46. The molecule has 4 nitrogen and oxygen atoms in total. The zero-order valence-corrected chi connectivity index (χ0v) is 18.9. The molecule has 5 heteroatoms. The Morgan fingerprint density at radius 2 is 1.93 bits per heavy atom. The van der Waals surface area contributed by atoms with E-state index in [1.165, 1.54) is 21.6 Å². The molecule has 0 N–H and O–H groups in total.